The second-order valence-corrected chi connectivity index (χ2v) is 4.05. The zero-order chi connectivity index (χ0) is 8.91. The van der Waals surface area contributed by atoms with Gasteiger partial charge in [-0.1, -0.05) is 6.92 Å². The monoisotopic (exact) mass is 182 g/mol. The summed E-state index contributed by atoms with van der Waals surface area (Å²) in [5, 5.41) is 8.55. The molecule has 0 saturated carbocycles. The Morgan fingerprint density at radius 3 is 2.45 bits per heavy atom. The van der Waals surface area contributed by atoms with E-state index in [0.717, 1.165) is 0 Å². The minimum atomic E-state index is -3.34. The lowest BCUT2D eigenvalue weighted by atomic mass is 10.2. The molecule has 0 aromatic carbocycles. The van der Waals surface area contributed by atoms with Crippen LogP contribution in [0.4, 0.5) is 0 Å². The molecule has 0 aliphatic heterocycles. The van der Waals surface area contributed by atoms with Crippen molar-refractivity contribution in [2.45, 2.75) is 6.92 Å². The van der Waals surface area contributed by atoms with E-state index in [0.29, 0.717) is 0 Å². The standard InChI is InChI=1S/C5H14N2O3S/c1-5(4-8)3-7-11(9,10)6-2/h5-8H,3-4H2,1-2H3. The lowest BCUT2D eigenvalue weighted by Crippen LogP contribution is -2.37. The van der Waals surface area contributed by atoms with E-state index in [1.54, 1.807) is 6.92 Å². The number of rotatable bonds is 5. The zero-order valence-electron chi connectivity index (χ0n) is 6.66. The third-order valence-electron chi connectivity index (χ3n) is 1.20. The zero-order valence-corrected chi connectivity index (χ0v) is 7.48. The van der Waals surface area contributed by atoms with Crippen molar-refractivity contribution in [3.05, 3.63) is 0 Å². The van der Waals surface area contributed by atoms with Crippen molar-refractivity contribution >= 4 is 10.2 Å². The Morgan fingerprint density at radius 1 is 1.55 bits per heavy atom. The molecule has 0 aromatic heterocycles. The summed E-state index contributed by atoms with van der Waals surface area (Å²) >= 11 is 0. The highest BCUT2D eigenvalue weighted by Gasteiger charge is 2.07. The maximum atomic E-state index is 10.7. The van der Waals surface area contributed by atoms with Crippen LogP contribution in [0.2, 0.25) is 0 Å². The van der Waals surface area contributed by atoms with E-state index in [-0.39, 0.29) is 19.1 Å². The number of hydrogen-bond acceptors (Lipinski definition) is 3. The molecule has 6 heteroatoms. The third-order valence-corrected chi connectivity index (χ3v) is 2.29. The van der Waals surface area contributed by atoms with Crippen molar-refractivity contribution in [2.75, 3.05) is 20.2 Å². The molecule has 0 amide bonds. The van der Waals surface area contributed by atoms with Crippen LogP contribution in [0.5, 0.6) is 0 Å². The van der Waals surface area contributed by atoms with Crippen LogP contribution >= 0.6 is 0 Å². The Morgan fingerprint density at radius 2 is 2.09 bits per heavy atom. The Balaban J connectivity index is 3.71. The molecule has 0 heterocycles. The molecule has 0 bridgehead atoms. The van der Waals surface area contributed by atoms with Gasteiger partial charge in [-0.25, -0.2) is 9.44 Å². The molecular formula is C5H14N2O3S. The molecule has 0 spiro atoms. The topological polar surface area (TPSA) is 78.4 Å². The highest BCUT2D eigenvalue weighted by molar-refractivity contribution is 7.87. The first-order valence-electron chi connectivity index (χ1n) is 3.31. The minimum absolute atomic E-state index is 0.0216. The molecule has 0 rings (SSSR count). The van der Waals surface area contributed by atoms with Gasteiger partial charge in [0.15, 0.2) is 0 Å². The summed E-state index contributed by atoms with van der Waals surface area (Å²) in [6.45, 7) is 1.98. The second-order valence-electron chi connectivity index (χ2n) is 2.34. The predicted molar refractivity (Wildman–Crippen MR) is 42.2 cm³/mol. The highest BCUT2D eigenvalue weighted by atomic mass is 32.2. The fourth-order valence-electron chi connectivity index (χ4n) is 0.389. The van der Waals surface area contributed by atoms with E-state index in [2.05, 4.69) is 9.44 Å². The van der Waals surface area contributed by atoms with Crippen molar-refractivity contribution < 1.29 is 13.5 Å². The Hall–Kier alpha value is -0.170. The fourth-order valence-corrected chi connectivity index (χ4v) is 1.04. The second kappa shape index (κ2) is 4.66. The van der Waals surface area contributed by atoms with Gasteiger partial charge in [-0.05, 0) is 5.92 Å². The van der Waals surface area contributed by atoms with Crippen LogP contribution in [0.3, 0.4) is 0 Å². The molecule has 3 N–H and O–H groups in total. The van der Waals surface area contributed by atoms with Gasteiger partial charge in [0, 0.05) is 20.2 Å². The van der Waals surface area contributed by atoms with Gasteiger partial charge >= 0.3 is 0 Å². The van der Waals surface area contributed by atoms with Gasteiger partial charge in [0.2, 0.25) is 0 Å². The van der Waals surface area contributed by atoms with Crippen LogP contribution in [0.25, 0.3) is 0 Å². The van der Waals surface area contributed by atoms with Gasteiger partial charge in [-0.2, -0.15) is 8.42 Å². The van der Waals surface area contributed by atoms with Crippen LogP contribution in [-0.4, -0.2) is 33.7 Å². The number of nitrogens with one attached hydrogen (secondary N) is 2. The Kier molecular flexibility index (Phi) is 4.58. The van der Waals surface area contributed by atoms with Gasteiger partial charge in [0.25, 0.3) is 10.2 Å². The molecule has 11 heavy (non-hydrogen) atoms. The average molecular weight is 182 g/mol. The summed E-state index contributed by atoms with van der Waals surface area (Å²) in [6, 6.07) is 0. The van der Waals surface area contributed by atoms with E-state index >= 15 is 0 Å². The maximum Gasteiger partial charge on any atom is 0.276 e. The first kappa shape index (κ1) is 10.8. The first-order valence-corrected chi connectivity index (χ1v) is 4.79. The Labute approximate surface area is 67.0 Å². The summed E-state index contributed by atoms with van der Waals surface area (Å²) in [5.74, 6) is -0.0573. The largest absolute Gasteiger partial charge is 0.396 e. The number of aliphatic hydroxyl groups excluding tert-OH is 1. The molecule has 5 nitrogen and oxygen atoms in total. The van der Waals surface area contributed by atoms with Gasteiger partial charge in [0.1, 0.15) is 0 Å². The van der Waals surface area contributed by atoms with Gasteiger partial charge in [-0.3, -0.25) is 0 Å². The lowest BCUT2D eigenvalue weighted by molar-refractivity contribution is 0.238. The summed E-state index contributed by atoms with van der Waals surface area (Å²) in [4.78, 5) is 0. The summed E-state index contributed by atoms with van der Waals surface area (Å²) in [5.41, 5.74) is 0. The molecule has 0 aliphatic rings. The minimum Gasteiger partial charge on any atom is -0.396 e. The fraction of sp³-hybridized carbons (Fsp3) is 1.00. The molecule has 0 saturated heterocycles. The van der Waals surface area contributed by atoms with Crippen molar-refractivity contribution in [1.82, 2.24) is 9.44 Å². The van der Waals surface area contributed by atoms with Crippen LogP contribution in [0.15, 0.2) is 0 Å². The van der Waals surface area contributed by atoms with Gasteiger partial charge in [0.05, 0.1) is 0 Å². The van der Waals surface area contributed by atoms with Gasteiger partial charge in [-0.15, -0.1) is 0 Å². The maximum absolute atomic E-state index is 10.7. The SMILES string of the molecule is CNS(=O)(=O)NCC(C)CO. The average Bonchev–Trinajstić information content (AvgIpc) is 2.00. The molecule has 0 radical (unpaired) electrons. The molecular weight excluding hydrogens is 168 g/mol. The van der Waals surface area contributed by atoms with E-state index < -0.39 is 10.2 Å². The number of aliphatic hydroxyl groups is 1. The first-order chi connectivity index (χ1) is 5.02. The highest BCUT2D eigenvalue weighted by Crippen LogP contribution is 1.89. The summed E-state index contributed by atoms with van der Waals surface area (Å²) in [6.07, 6.45) is 0. The molecule has 1 unspecified atom stereocenters. The normalized spacial score (nSPS) is 14.8. The van der Waals surface area contributed by atoms with Crippen LogP contribution < -0.4 is 9.44 Å². The van der Waals surface area contributed by atoms with Crippen LogP contribution in [0.1, 0.15) is 6.92 Å². The van der Waals surface area contributed by atoms with E-state index in [1.165, 1.54) is 7.05 Å². The molecule has 1 atom stereocenters. The quantitative estimate of drug-likeness (QED) is 0.493. The lowest BCUT2D eigenvalue weighted by Gasteiger charge is -2.08. The van der Waals surface area contributed by atoms with Gasteiger partial charge < -0.3 is 5.11 Å². The third kappa shape index (κ3) is 5.14. The van der Waals surface area contributed by atoms with Crippen LogP contribution in [0, 0.1) is 5.92 Å². The van der Waals surface area contributed by atoms with Crippen molar-refractivity contribution in [2.24, 2.45) is 5.92 Å². The molecule has 0 fully saturated rings. The van der Waals surface area contributed by atoms with E-state index in [4.69, 9.17) is 5.11 Å². The Bertz CT molecular complexity index is 190. The predicted octanol–water partition coefficient (Wildman–Crippen LogP) is -1.33. The molecule has 0 aliphatic carbocycles. The summed E-state index contributed by atoms with van der Waals surface area (Å²) in [7, 11) is -2.01. The van der Waals surface area contributed by atoms with E-state index in [9.17, 15) is 8.42 Å². The van der Waals surface area contributed by atoms with Crippen molar-refractivity contribution in [3.63, 3.8) is 0 Å². The molecule has 0 aromatic rings. The smallest absolute Gasteiger partial charge is 0.276 e. The van der Waals surface area contributed by atoms with Crippen molar-refractivity contribution in [1.29, 1.82) is 0 Å². The van der Waals surface area contributed by atoms with Crippen molar-refractivity contribution in [3.8, 4) is 0 Å². The number of hydrogen-bond donors (Lipinski definition) is 3. The summed E-state index contributed by atoms with van der Waals surface area (Å²) < 4.78 is 25.8. The van der Waals surface area contributed by atoms with E-state index in [1.807, 2.05) is 0 Å². The van der Waals surface area contributed by atoms with Crippen LogP contribution in [-0.2, 0) is 10.2 Å². The molecule has 68 valence electrons.